The Labute approximate surface area is 112 Å². The third-order valence-electron chi connectivity index (χ3n) is 3.22. The first kappa shape index (κ1) is 15.2. The fraction of sp³-hybridized carbons (Fsp3) is 0.625. The molecule has 2 nitrogen and oxygen atoms in total. The molecule has 0 aliphatic carbocycles. The molecule has 0 aromatic heterocycles. The quantitative estimate of drug-likeness (QED) is 0.865. The molecule has 0 aliphatic heterocycles. The molecule has 1 atom stereocenters. The van der Waals surface area contributed by atoms with Gasteiger partial charge in [-0.2, -0.15) is 0 Å². The van der Waals surface area contributed by atoms with Crippen molar-refractivity contribution in [3.63, 3.8) is 0 Å². The Balaban J connectivity index is 2.68. The first-order chi connectivity index (χ1) is 8.33. The van der Waals surface area contributed by atoms with Crippen LogP contribution in [-0.4, -0.2) is 25.3 Å². The maximum Gasteiger partial charge on any atom is 0.0629 e. The van der Waals surface area contributed by atoms with E-state index in [4.69, 9.17) is 4.74 Å². The van der Waals surface area contributed by atoms with E-state index in [2.05, 4.69) is 58.1 Å². The molecule has 1 aromatic rings. The van der Waals surface area contributed by atoms with Crippen molar-refractivity contribution in [2.45, 2.75) is 52.7 Å². The van der Waals surface area contributed by atoms with Crippen LogP contribution in [0.2, 0.25) is 0 Å². The van der Waals surface area contributed by atoms with Crippen LogP contribution in [0.3, 0.4) is 0 Å². The first-order valence-corrected chi connectivity index (χ1v) is 6.70. The van der Waals surface area contributed by atoms with Gasteiger partial charge in [0.1, 0.15) is 0 Å². The Morgan fingerprint density at radius 3 is 2.17 bits per heavy atom. The van der Waals surface area contributed by atoms with Crippen LogP contribution in [0.4, 0.5) is 0 Å². The number of rotatable bonds is 5. The summed E-state index contributed by atoms with van der Waals surface area (Å²) in [4.78, 5) is 0. The number of aryl methyl sites for hydroxylation is 2. The largest absolute Gasteiger partial charge is 0.374 e. The van der Waals surface area contributed by atoms with E-state index in [1.807, 2.05) is 7.05 Å². The zero-order valence-corrected chi connectivity index (χ0v) is 12.6. The summed E-state index contributed by atoms with van der Waals surface area (Å²) in [7, 11) is 2.00. The molecule has 0 amide bonds. The number of hydrogen-bond donors (Lipinski definition) is 1. The molecule has 2 heteroatoms. The molecular formula is C16H27NO. The highest BCUT2D eigenvalue weighted by atomic mass is 16.5. The molecule has 0 aliphatic rings. The van der Waals surface area contributed by atoms with E-state index in [9.17, 15) is 0 Å². The lowest BCUT2D eigenvalue weighted by atomic mass is 9.96. The lowest BCUT2D eigenvalue weighted by Gasteiger charge is -2.25. The highest BCUT2D eigenvalue weighted by molar-refractivity contribution is 5.34. The van der Waals surface area contributed by atoms with E-state index in [1.165, 1.54) is 16.7 Å². The van der Waals surface area contributed by atoms with Gasteiger partial charge in [0, 0.05) is 6.04 Å². The van der Waals surface area contributed by atoms with Crippen molar-refractivity contribution in [3.05, 3.63) is 34.9 Å². The van der Waals surface area contributed by atoms with Gasteiger partial charge >= 0.3 is 0 Å². The number of likely N-dealkylation sites (N-methyl/N-ethyl adjacent to an activating group) is 1. The lowest BCUT2D eigenvalue weighted by Crippen LogP contribution is -2.36. The molecule has 1 rings (SSSR count). The molecular weight excluding hydrogens is 222 g/mol. The zero-order valence-electron chi connectivity index (χ0n) is 12.6. The van der Waals surface area contributed by atoms with Crippen molar-refractivity contribution in [1.82, 2.24) is 5.32 Å². The Kier molecular flexibility index (Phi) is 5.36. The minimum atomic E-state index is -0.0735. The third-order valence-corrected chi connectivity index (χ3v) is 3.22. The van der Waals surface area contributed by atoms with Crippen LogP contribution >= 0.6 is 0 Å². The van der Waals surface area contributed by atoms with Gasteiger partial charge in [-0.25, -0.2) is 0 Å². The predicted octanol–water partition coefficient (Wildman–Crippen LogP) is 3.25. The molecule has 1 N–H and O–H groups in total. The minimum absolute atomic E-state index is 0.0735. The van der Waals surface area contributed by atoms with E-state index in [1.54, 1.807) is 0 Å². The fourth-order valence-electron chi connectivity index (χ4n) is 2.01. The van der Waals surface area contributed by atoms with E-state index in [0.29, 0.717) is 6.04 Å². The lowest BCUT2D eigenvalue weighted by molar-refractivity contribution is -0.0135. The van der Waals surface area contributed by atoms with Crippen molar-refractivity contribution in [1.29, 1.82) is 0 Å². The van der Waals surface area contributed by atoms with E-state index in [-0.39, 0.29) is 5.60 Å². The molecule has 1 unspecified atom stereocenters. The van der Waals surface area contributed by atoms with Crippen molar-refractivity contribution in [3.8, 4) is 0 Å². The monoisotopic (exact) mass is 249 g/mol. The van der Waals surface area contributed by atoms with Gasteiger partial charge in [0.2, 0.25) is 0 Å². The Bertz CT molecular complexity index is 359. The number of nitrogens with one attached hydrogen (secondary N) is 1. The Morgan fingerprint density at radius 1 is 1.17 bits per heavy atom. The minimum Gasteiger partial charge on any atom is -0.374 e. The number of hydrogen-bond acceptors (Lipinski definition) is 2. The van der Waals surface area contributed by atoms with Gasteiger partial charge in [-0.1, -0.05) is 18.2 Å². The van der Waals surface area contributed by atoms with Gasteiger partial charge in [-0.3, -0.25) is 0 Å². The number of benzene rings is 1. The normalized spacial score (nSPS) is 13.7. The maximum atomic E-state index is 5.87. The molecule has 18 heavy (non-hydrogen) atoms. The van der Waals surface area contributed by atoms with Gasteiger partial charge in [-0.05, 0) is 64.8 Å². The summed E-state index contributed by atoms with van der Waals surface area (Å²) >= 11 is 0. The highest BCUT2D eigenvalue weighted by Gasteiger charge is 2.16. The van der Waals surface area contributed by atoms with Crippen LogP contribution in [-0.2, 0) is 11.2 Å². The average molecular weight is 249 g/mol. The fourth-order valence-corrected chi connectivity index (χ4v) is 2.01. The van der Waals surface area contributed by atoms with Crippen LogP contribution in [0.15, 0.2) is 18.2 Å². The SMILES string of the molecule is CNC(COC(C)(C)C)Cc1c(C)cccc1C. The molecule has 0 radical (unpaired) electrons. The van der Waals surface area contributed by atoms with Crippen LogP contribution in [0.25, 0.3) is 0 Å². The van der Waals surface area contributed by atoms with Crippen molar-refractivity contribution < 1.29 is 4.74 Å². The van der Waals surface area contributed by atoms with Crippen LogP contribution < -0.4 is 5.32 Å². The topological polar surface area (TPSA) is 21.3 Å². The second kappa shape index (κ2) is 6.35. The molecule has 102 valence electrons. The van der Waals surface area contributed by atoms with E-state index >= 15 is 0 Å². The summed E-state index contributed by atoms with van der Waals surface area (Å²) in [5, 5.41) is 3.35. The van der Waals surface area contributed by atoms with Crippen LogP contribution in [0.1, 0.15) is 37.5 Å². The Morgan fingerprint density at radius 2 is 1.72 bits per heavy atom. The van der Waals surface area contributed by atoms with Gasteiger partial charge in [0.15, 0.2) is 0 Å². The smallest absolute Gasteiger partial charge is 0.0629 e. The van der Waals surface area contributed by atoms with Crippen molar-refractivity contribution in [2.75, 3.05) is 13.7 Å². The first-order valence-electron chi connectivity index (χ1n) is 6.70. The summed E-state index contributed by atoms with van der Waals surface area (Å²) < 4.78 is 5.87. The van der Waals surface area contributed by atoms with Gasteiger partial charge in [0.25, 0.3) is 0 Å². The molecule has 0 saturated carbocycles. The van der Waals surface area contributed by atoms with Crippen LogP contribution in [0.5, 0.6) is 0 Å². The maximum absolute atomic E-state index is 5.87. The zero-order chi connectivity index (χ0) is 13.8. The van der Waals surface area contributed by atoms with Crippen LogP contribution in [0, 0.1) is 13.8 Å². The molecule has 0 heterocycles. The van der Waals surface area contributed by atoms with Crippen molar-refractivity contribution in [2.24, 2.45) is 0 Å². The van der Waals surface area contributed by atoms with Gasteiger partial charge in [0.05, 0.1) is 12.2 Å². The predicted molar refractivity (Wildman–Crippen MR) is 78.2 cm³/mol. The second-order valence-corrected chi connectivity index (χ2v) is 5.98. The molecule has 0 saturated heterocycles. The highest BCUT2D eigenvalue weighted by Crippen LogP contribution is 2.16. The molecule has 0 spiro atoms. The summed E-state index contributed by atoms with van der Waals surface area (Å²) in [6.07, 6.45) is 1.02. The summed E-state index contributed by atoms with van der Waals surface area (Å²) in [5.74, 6) is 0. The average Bonchev–Trinajstić information content (AvgIpc) is 2.26. The molecule has 0 fully saturated rings. The van der Waals surface area contributed by atoms with E-state index in [0.717, 1.165) is 13.0 Å². The summed E-state index contributed by atoms with van der Waals surface area (Å²) in [6.45, 7) is 11.4. The standard InChI is InChI=1S/C16H27NO/c1-12-8-7-9-13(2)15(12)10-14(17-6)11-18-16(3,4)5/h7-9,14,17H,10-11H2,1-6H3. The van der Waals surface area contributed by atoms with Crippen molar-refractivity contribution >= 4 is 0 Å². The van der Waals surface area contributed by atoms with Gasteiger partial charge < -0.3 is 10.1 Å². The number of ether oxygens (including phenoxy) is 1. The second-order valence-electron chi connectivity index (χ2n) is 5.98. The Hall–Kier alpha value is -0.860. The molecule has 0 bridgehead atoms. The van der Waals surface area contributed by atoms with E-state index < -0.39 is 0 Å². The van der Waals surface area contributed by atoms with Gasteiger partial charge in [-0.15, -0.1) is 0 Å². The third kappa shape index (κ3) is 4.79. The molecule has 1 aromatic carbocycles. The summed E-state index contributed by atoms with van der Waals surface area (Å²) in [5.41, 5.74) is 4.10. The summed E-state index contributed by atoms with van der Waals surface area (Å²) in [6, 6.07) is 6.84.